The molecule has 0 fully saturated rings. The van der Waals surface area contributed by atoms with Crippen molar-refractivity contribution in [1.29, 1.82) is 0 Å². The number of carbonyl (C=O) groups excluding carboxylic acids is 1. The van der Waals surface area contributed by atoms with Crippen LogP contribution in [0.2, 0.25) is 0 Å². The number of nitrogens with zero attached hydrogens (tertiary/aromatic N) is 4. The second-order valence-corrected chi connectivity index (χ2v) is 5.50. The predicted molar refractivity (Wildman–Crippen MR) is 86.0 cm³/mol. The van der Waals surface area contributed by atoms with E-state index in [0.717, 1.165) is 10.3 Å². The summed E-state index contributed by atoms with van der Waals surface area (Å²) >= 11 is 3.36. The van der Waals surface area contributed by atoms with Crippen LogP contribution in [-0.2, 0) is 0 Å². The number of halogens is 1. The third kappa shape index (κ3) is 3.04. The van der Waals surface area contributed by atoms with Gasteiger partial charge in [-0.25, -0.2) is 4.98 Å². The predicted octanol–water partition coefficient (Wildman–Crippen LogP) is 2.99. The average Bonchev–Trinajstić information content (AvgIpc) is 2.93. The molecule has 0 aliphatic rings. The van der Waals surface area contributed by atoms with E-state index < -0.39 is 0 Å². The number of imidazole rings is 1. The fourth-order valence-electron chi connectivity index (χ4n) is 1.96. The summed E-state index contributed by atoms with van der Waals surface area (Å²) in [5, 5.41) is 10.8. The van der Waals surface area contributed by atoms with Crippen molar-refractivity contribution in [1.82, 2.24) is 19.7 Å². The van der Waals surface area contributed by atoms with Gasteiger partial charge in [0.25, 0.3) is 5.91 Å². The van der Waals surface area contributed by atoms with Crippen LogP contribution >= 0.6 is 15.9 Å². The summed E-state index contributed by atoms with van der Waals surface area (Å²) in [6.45, 7) is 1.87. The van der Waals surface area contributed by atoms with E-state index in [-0.39, 0.29) is 11.6 Å². The molecule has 0 radical (unpaired) electrons. The maximum atomic E-state index is 12.1. The van der Waals surface area contributed by atoms with Gasteiger partial charge in [0.1, 0.15) is 5.82 Å². The van der Waals surface area contributed by atoms with Gasteiger partial charge in [-0.05, 0) is 37.3 Å². The van der Waals surface area contributed by atoms with E-state index in [1.54, 1.807) is 35.2 Å². The van der Waals surface area contributed by atoms with Gasteiger partial charge in [-0.15, -0.1) is 10.2 Å². The van der Waals surface area contributed by atoms with Crippen LogP contribution in [-0.4, -0.2) is 25.7 Å². The largest absolute Gasteiger partial charge is 0.321 e. The standard InChI is InChI=1S/C15H12BrN5O/c1-10-17-7-8-21(10)14-6-5-13(19-20-14)15(22)18-12-4-2-3-11(16)9-12/h2-9H,1H3,(H,18,22). The Kier molecular flexibility index (Phi) is 3.97. The minimum Gasteiger partial charge on any atom is -0.321 e. The molecule has 3 rings (SSSR count). The van der Waals surface area contributed by atoms with E-state index >= 15 is 0 Å². The Bertz CT molecular complexity index is 813. The van der Waals surface area contributed by atoms with Crippen molar-refractivity contribution >= 4 is 27.5 Å². The van der Waals surface area contributed by atoms with Crippen molar-refractivity contribution in [3.05, 3.63) is 64.8 Å². The Hall–Kier alpha value is -2.54. The van der Waals surface area contributed by atoms with Crippen LogP contribution in [0.4, 0.5) is 5.69 Å². The number of benzene rings is 1. The van der Waals surface area contributed by atoms with Crippen LogP contribution in [0.3, 0.4) is 0 Å². The second-order valence-electron chi connectivity index (χ2n) is 4.59. The molecule has 0 saturated heterocycles. The highest BCUT2D eigenvalue weighted by Crippen LogP contribution is 2.16. The second kappa shape index (κ2) is 6.07. The molecule has 3 aromatic rings. The van der Waals surface area contributed by atoms with Crippen molar-refractivity contribution in [3.63, 3.8) is 0 Å². The number of rotatable bonds is 3. The van der Waals surface area contributed by atoms with Gasteiger partial charge in [0.2, 0.25) is 0 Å². The van der Waals surface area contributed by atoms with Gasteiger partial charge in [-0.1, -0.05) is 22.0 Å². The Balaban J connectivity index is 1.78. The molecule has 7 heteroatoms. The summed E-state index contributed by atoms with van der Waals surface area (Å²) in [6.07, 6.45) is 3.48. The van der Waals surface area contributed by atoms with Gasteiger partial charge >= 0.3 is 0 Å². The molecular weight excluding hydrogens is 346 g/mol. The zero-order chi connectivity index (χ0) is 15.5. The molecule has 0 spiro atoms. The van der Waals surface area contributed by atoms with Gasteiger partial charge < -0.3 is 5.32 Å². The molecule has 1 amide bonds. The quantitative estimate of drug-likeness (QED) is 0.781. The van der Waals surface area contributed by atoms with Crippen molar-refractivity contribution in [2.45, 2.75) is 6.92 Å². The highest BCUT2D eigenvalue weighted by Gasteiger charge is 2.10. The van der Waals surface area contributed by atoms with E-state index in [1.807, 2.05) is 25.1 Å². The molecule has 0 aliphatic carbocycles. The first-order valence-corrected chi connectivity index (χ1v) is 7.34. The third-order valence-electron chi connectivity index (χ3n) is 3.04. The minimum absolute atomic E-state index is 0.251. The van der Waals surface area contributed by atoms with E-state index in [4.69, 9.17) is 0 Å². The highest BCUT2D eigenvalue weighted by atomic mass is 79.9. The number of aryl methyl sites for hydroxylation is 1. The van der Waals surface area contributed by atoms with E-state index in [0.29, 0.717) is 11.5 Å². The molecule has 1 aromatic carbocycles. The molecule has 110 valence electrons. The van der Waals surface area contributed by atoms with Gasteiger partial charge in [-0.3, -0.25) is 9.36 Å². The van der Waals surface area contributed by atoms with E-state index in [2.05, 4.69) is 36.4 Å². The molecule has 0 aliphatic heterocycles. The molecule has 0 atom stereocenters. The molecule has 0 unspecified atom stereocenters. The average molecular weight is 358 g/mol. The van der Waals surface area contributed by atoms with Crippen LogP contribution < -0.4 is 5.32 Å². The van der Waals surface area contributed by atoms with Gasteiger partial charge in [0.05, 0.1) is 0 Å². The fraction of sp³-hybridized carbons (Fsp3) is 0.0667. The number of hydrogen-bond donors (Lipinski definition) is 1. The van der Waals surface area contributed by atoms with E-state index in [9.17, 15) is 4.79 Å². The normalized spacial score (nSPS) is 10.5. The SMILES string of the molecule is Cc1nccn1-c1ccc(C(=O)Nc2cccc(Br)c2)nn1. The summed E-state index contributed by atoms with van der Waals surface area (Å²) in [6, 6.07) is 10.7. The highest BCUT2D eigenvalue weighted by molar-refractivity contribution is 9.10. The molecule has 0 bridgehead atoms. The Morgan fingerprint density at radius 1 is 1.23 bits per heavy atom. The fourth-order valence-corrected chi connectivity index (χ4v) is 2.36. The monoisotopic (exact) mass is 357 g/mol. The van der Waals surface area contributed by atoms with E-state index in [1.165, 1.54) is 0 Å². The lowest BCUT2D eigenvalue weighted by Crippen LogP contribution is -2.15. The first-order valence-electron chi connectivity index (χ1n) is 6.54. The van der Waals surface area contributed by atoms with Gasteiger partial charge in [0.15, 0.2) is 11.5 Å². The Morgan fingerprint density at radius 3 is 2.73 bits per heavy atom. The van der Waals surface area contributed by atoms with Crippen LogP contribution in [0.5, 0.6) is 0 Å². The molecule has 2 heterocycles. The molecule has 22 heavy (non-hydrogen) atoms. The minimum atomic E-state index is -0.306. The zero-order valence-corrected chi connectivity index (χ0v) is 13.3. The van der Waals surface area contributed by atoms with Crippen molar-refractivity contribution in [2.75, 3.05) is 5.32 Å². The van der Waals surface area contributed by atoms with Crippen LogP contribution in [0.1, 0.15) is 16.3 Å². The van der Waals surface area contributed by atoms with Crippen LogP contribution in [0.25, 0.3) is 5.82 Å². The maximum Gasteiger partial charge on any atom is 0.276 e. The molecule has 0 saturated carbocycles. The summed E-state index contributed by atoms with van der Waals surface area (Å²) in [4.78, 5) is 16.3. The number of amides is 1. The molecule has 2 aromatic heterocycles. The first-order chi connectivity index (χ1) is 10.6. The Labute approximate surface area is 135 Å². The van der Waals surface area contributed by atoms with Crippen LogP contribution in [0.15, 0.2) is 53.3 Å². The zero-order valence-electron chi connectivity index (χ0n) is 11.7. The molecule has 6 nitrogen and oxygen atoms in total. The summed E-state index contributed by atoms with van der Waals surface area (Å²) in [7, 11) is 0. The van der Waals surface area contributed by atoms with Crippen LogP contribution in [0, 0.1) is 6.92 Å². The van der Waals surface area contributed by atoms with Crippen molar-refractivity contribution in [3.8, 4) is 5.82 Å². The van der Waals surface area contributed by atoms with Gasteiger partial charge in [0, 0.05) is 22.6 Å². The lowest BCUT2D eigenvalue weighted by Gasteiger charge is -2.06. The smallest absolute Gasteiger partial charge is 0.276 e. The topological polar surface area (TPSA) is 72.7 Å². The van der Waals surface area contributed by atoms with Crippen molar-refractivity contribution in [2.24, 2.45) is 0 Å². The van der Waals surface area contributed by atoms with Crippen molar-refractivity contribution < 1.29 is 4.79 Å². The maximum absolute atomic E-state index is 12.1. The lowest BCUT2D eigenvalue weighted by atomic mass is 10.3. The number of nitrogens with one attached hydrogen (secondary N) is 1. The number of carbonyl (C=O) groups is 1. The third-order valence-corrected chi connectivity index (χ3v) is 3.53. The summed E-state index contributed by atoms with van der Waals surface area (Å²) in [5.41, 5.74) is 0.942. The summed E-state index contributed by atoms with van der Waals surface area (Å²) in [5.74, 6) is 1.12. The number of aromatic nitrogens is 4. The lowest BCUT2D eigenvalue weighted by molar-refractivity contribution is 0.102. The Morgan fingerprint density at radius 2 is 2.09 bits per heavy atom. The molecule has 1 N–H and O–H groups in total. The van der Waals surface area contributed by atoms with Gasteiger partial charge in [-0.2, -0.15) is 0 Å². The number of anilines is 1. The molecular formula is C15H12BrN5O. The summed E-state index contributed by atoms with van der Waals surface area (Å²) < 4.78 is 2.69. The number of hydrogen-bond acceptors (Lipinski definition) is 4. The first kappa shape index (κ1) is 14.4.